The highest BCUT2D eigenvalue weighted by Gasteiger charge is 2.28. The molecule has 146 valence electrons. The smallest absolute Gasteiger partial charge is 0.291 e. The maximum absolute atomic E-state index is 12.6. The van der Waals surface area contributed by atoms with Crippen molar-refractivity contribution in [2.45, 2.75) is 13.0 Å². The minimum absolute atomic E-state index is 0.0121. The van der Waals surface area contributed by atoms with E-state index in [-0.39, 0.29) is 11.9 Å². The van der Waals surface area contributed by atoms with Gasteiger partial charge in [0.2, 0.25) is 0 Å². The minimum atomic E-state index is -0.245. The van der Waals surface area contributed by atoms with Crippen molar-refractivity contribution in [2.75, 3.05) is 31.6 Å². The van der Waals surface area contributed by atoms with Gasteiger partial charge in [0, 0.05) is 28.6 Å². The molecule has 1 unspecified atom stereocenters. The van der Waals surface area contributed by atoms with Gasteiger partial charge in [0.1, 0.15) is 5.00 Å². The van der Waals surface area contributed by atoms with Crippen molar-refractivity contribution in [3.8, 4) is 0 Å². The van der Waals surface area contributed by atoms with Crippen LogP contribution >= 0.6 is 22.9 Å². The summed E-state index contributed by atoms with van der Waals surface area (Å²) in [4.78, 5) is 16.1. The summed E-state index contributed by atoms with van der Waals surface area (Å²) in [6.07, 6.45) is 1.50. The summed E-state index contributed by atoms with van der Waals surface area (Å²) >= 11 is 7.68. The van der Waals surface area contributed by atoms with Crippen LogP contribution < -0.4 is 5.32 Å². The van der Waals surface area contributed by atoms with E-state index in [0.29, 0.717) is 24.0 Å². The highest BCUT2D eigenvalue weighted by Crippen LogP contribution is 2.39. The lowest BCUT2D eigenvalue weighted by Gasteiger charge is -2.35. The zero-order valence-electron chi connectivity index (χ0n) is 15.5. The van der Waals surface area contributed by atoms with Crippen LogP contribution in [0.25, 0.3) is 0 Å². The van der Waals surface area contributed by atoms with Crippen molar-refractivity contribution >= 4 is 33.8 Å². The lowest BCUT2D eigenvalue weighted by molar-refractivity contribution is 0.0241. The number of hydrogen-bond acceptors (Lipinski definition) is 5. The van der Waals surface area contributed by atoms with Gasteiger partial charge in [0.25, 0.3) is 5.91 Å². The predicted octanol–water partition coefficient (Wildman–Crippen LogP) is 4.98. The predicted molar refractivity (Wildman–Crippen MR) is 111 cm³/mol. The quantitative estimate of drug-likeness (QED) is 0.637. The minimum Gasteiger partial charge on any atom is -0.459 e. The molecule has 1 aliphatic heterocycles. The maximum atomic E-state index is 12.6. The molecule has 5 nitrogen and oxygen atoms in total. The van der Waals surface area contributed by atoms with Gasteiger partial charge < -0.3 is 14.5 Å². The molecule has 0 aliphatic carbocycles. The largest absolute Gasteiger partial charge is 0.459 e. The zero-order chi connectivity index (χ0) is 19.5. The second-order valence-electron chi connectivity index (χ2n) is 6.68. The van der Waals surface area contributed by atoms with E-state index in [2.05, 4.69) is 23.2 Å². The molecule has 0 spiro atoms. The van der Waals surface area contributed by atoms with Crippen molar-refractivity contribution in [2.24, 2.45) is 0 Å². The van der Waals surface area contributed by atoms with Crippen molar-refractivity contribution in [1.29, 1.82) is 0 Å². The number of amides is 1. The Hall–Kier alpha value is -2.12. The molecule has 3 aromatic rings. The van der Waals surface area contributed by atoms with E-state index in [0.717, 1.165) is 34.1 Å². The molecule has 0 bridgehead atoms. The Morgan fingerprint density at radius 3 is 2.64 bits per heavy atom. The summed E-state index contributed by atoms with van der Waals surface area (Å²) < 4.78 is 10.8. The van der Waals surface area contributed by atoms with E-state index in [4.69, 9.17) is 20.8 Å². The number of halogens is 1. The second-order valence-corrected chi connectivity index (χ2v) is 8.37. The number of ether oxygens (including phenoxy) is 1. The fraction of sp³-hybridized carbons (Fsp3) is 0.286. The number of carbonyl (C=O) groups excluding carboxylic acids is 1. The molecular weight excluding hydrogens is 396 g/mol. The van der Waals surface area contributed by atoms with Crippen molar-refractivity contribution in [3.63, 3.8) is 0 Å². The third kappa shape index (κ3) is 4.15. The Balaban J connectivity index is 1.71. The number of aryl methyl sites for hydroxylation is 1. The fourth-order valence-corrected chi connectivity index (χ4v) is 4.54. The topological polar surface area (TPSA) is 54.7 Å². The van der Waals surface area contributed by atoms with Gasteiger partial charge in [-0.1, -0.05) is 23.7 Å². The Labute approximate surface area is 172 Å². The molecule has 28 heavy (non-hydrogen) atoms. The Morgan fingerprint density at radius 2 is 1.96 bits per heavy atom. The van der Waals surface area contributed by atoms with Crippen LogP contribution in [-0.2, 0) is 4.74 Å². The van der Waals surface area contributed by atoms with Crippen LogP contribution in [0.4, 0.5) is 5.00 Å². The van der Waals surface area contributed by atoms with Gasteiger partial charge in [0.05, 0.1) is 25.5 Å². The van der Waals surface area contributed by atoms with Crippen LogP contribution in [0.2, 0.25) is 5.02 Å². The van der Waals surface area contributed by atoms with E-state index in [1.54, 1.807) is 23.5 Å². The van der Waals surface area contributed by atoms with Gasteiger partial charge in [-0.25, -0.2) is 0 Å². The number of anilines is 1. The highest BCUT2D eigenvalue weighted by molar-refractivity contribution is 7.16. The molecule has 7 heteroatoms. The molecule has 0 radical (unpaired) electrons. The van der Waals surface area contributed by atoms with Crippen LogP contribution in [0.15, 0.2) is 53.1 Å². The van der Waals surface area contributed by atoms with Crippen molar-refractivity contribution in [1.82, 2.24) is 4.90 Å². The van der Waals surface area contributed by atoms with E-state index < -0.39 is 0 Å². The number of carbonyl (C=O) groups is 1. The van der Waals surface area contributed by atoms with Crippen molar-refractivity contribution in [3.05, 3.63) is 75.5 Å². The van der Waals surface area contributed by atoms with Crippen LogP contribution in [0.1, 0.15) is 32.6 Å². The molecule has 4 rings (SSSR count). The van der Waals surface area contributed by atoms with Gasteiger partial charge in [-0.2, -0.15) is 0 Å². The first kappa shape index (κ1) is 19.2. The number of morpholine rings is 1. The van der Waals surface area contributed by atoms with Gasteiger partial charge in [-0.05, 0) is 42.8 Å². The first-order valence-electron chi connectivity index (χ1n) is 9.14. The van der Waals surface area contributed by atoms with Crippen molar-refractivity contribution < 1.29 is 13.9 Å². The molecule has 1 aliphatic rings. The second kappa shape index (κ2) is 8.49. The monoisotopic (exact) mass is 416 g/mol. The Kier molecular flexibility index (Phi) is 5.82. The average molecular weight is 417 g/mol. The summed E-state index contributed by atoms with van der Waals surface area (Å²) in [5, 5.41) is 4.58. The van der Waals surface area contributed by atoms with Gasteiger partial charge in [-0.3, -0.25) is 9.69 Å². The summed E-state index contributed by atoms with van der Waals surface area (Å²) in [5.74, 6) is 0.0522. The number of hydrogen-bond donors (Lipinski definition) is 1. The van der Waals surface area contributed by atoms with Gasteiger partial charge >= 0.3 is 0 Å². The molecule has 1 N–H and O–H groups in total. The SMILES string of the molecule is Cc1cc(C(c2ccc(Cl)cc2)N2CCOCC2)c(NC(=O)c2ccco2)s1. The van der Waals surface area contributed by atoms with Gasteiger partial charge in [0.15, 0.2) is 5.76 Å². The number of nitrogens with zero attached hydrogens (tertiary/aromatic N) is 1. The number of rotatable bonds is 5. The van der Waals surface area contributed by atoms with E-state index in [9.17, 15) is 4.79 Å². The van der Waals surface area contributed by atoms with Crippen LogP contribution in [0, 0.1) is 6.92 Å². The molecule has 1 atom stereocenters. The number of benzene rings is 1. The van der Waals surface area contributed by atoms with Gasteiger partial charge in [-0.15, -0.1) is 11.3 Å². The molecule has 1 aromatic carbocycles. The van der Waals surface area contributed by atoms with Crippen LogP contribution in [0.3, 0.4) is 0 Å². The normalized spacial score (nSPS) is 16.1. The van der Waals surface area contributed by atoms with E-state index >= 15 is 0 Å². The van der Waals surface area contributed by atoms with Crippen LogP contribution in [0.5, 0.6) is 0 Å². The maximum Gasteiger partial charge on any atom is 0.291 e. The molecule has 1 saturated heterocycles. The molecule has 2 aromatic heterocycles. The molecule has 0 saturated carbocycles. The third-order valence-electron chi connectivity index (χ3n) is 4.75. The molecule has 1 fully saturated rings. The summed E-state index contributed by atoms with van der Waals surface area (Å²) in [5.41, 5.74) is 2.21. The standard InChI is InChI=1S/C21H21ClN2O3S/c1-14-13-17(21(28-14)23-20(25)18-3-2-10-27-18)19(24-8-11-26-12-9-24)15-4-6-16(22)7-5-15/h2-7,10,13,19H,8-9,11-12H2,1H3,(H,23,25). The zero-order valence-corrected chi connectivity index (χ0v) is 17.1. The summed E-state index contributed by atoms with van der Waals surface area (Å²) in [6.45, 7) is 5.10. The fourth-order valence-electron chi connectivity index (χ4n) is 3.47. The Morgan fingerprint density at radius 1 is 1.21 bits per heavy atom. The summed E-state index contributed by atoms with van der Waals surface area (Å²) in [6, 6.07) is 13.4. The number of thiophene rings is 1. The highest BCUT2D eigenvalue weighted by atomic mass is 35.5. The molecule has 3 heterocycles. The molecule has 1 amide bonds. The number of furan rings is 1. The number of nitrogens with one attached hydrogen (secondary N) is 1. The average Bonchev–Trinajstić information content (AvgIpc) is 3.35. The van der Waals surface area contributed by atoms with E-state index in [1.807, 2.05) is 24.3 Å². The molecular formula is C21H21ClN2O3S. The lowest BCUT2D eigenvalue weighted by Crippen LogP contribution is -2.39. The lowest BCUT2D eigenvalue weighted by atomic mass is 9.98. The van der Waals surface area contributed by atoms with Crippen LogP contribution in [-0.4, -0.2) is 37.1 Å². The first-order valence-corrected chi connectivity index (χ1v) is 10.3. The third-order valence-corrected chi connectivity index (χ3v) is 5.98. The first-order chi connectivity index (χ1) is 13.6. The van der Waals surface area contributed by atoms with E-state index in [1.165, 1.54) is 6.26 Å². The summed E-state index contributed by atoms with van der Waals surface area (Å²) in [7, 11) is 0. The Bertz CT molecular complexity index is 931.